The number of thiophene rings is 1. The van der Waals surface area contributed by atoms with Gasteiger partial charge >= 0.3 is 0 Å². The quantitative estimate of drug-likeness (QED) is 0.353. The first-order chi connectivity index (χ1) is 14.5. The molecule has 0 fully saturated rings. The Labute approximate surface area is 174 Å². The summed E-state index contributed by atoms with van der Waals surface area (Å²) in [4.78, 5) is 28.0. The smallest absolute Gasteiger partial charge is 0.269 e. The van der Waals surface area contributed by atoms with Crippen LogP contribution in [0.25, 0.3) is 16.4 Å². The van der Waals surface area contributed by atoms with Crippen LogP contribution < -0.4 is 5.32 Å². The Balaban J connectivity index is 1.42. The predicted molar refractivity (Wildman–Crippen MR) is 110 cm³/mol. The second kappa shape index (κ2) is 8.25. The molecule has 1 aromatic carbocycles. The molecular weight excluding hydrogens is 408 g/mol. The van der Waals surface area contributed by atoms with Gasteiger partial charge in [0.25, 0.3) is 5.69 Å². The van der Waals surface area contributed by atoms with Gasteiger partial charge in [-0.15, -0.1) is 11.3 Å². The highest BCUT2D eigenvalue weighted by molar-refractivity contribution is 7.13. The van der Waals surface area contributed by atoms with Gasteiger partial charge in [0.1, 0.15) is 5.82 Å². The molecule has 0 saturated heterocycles. The highest BCUT2D eigenvalue weighted by Gasteiger charge is 2.15. The van der Waals surface area contributed by atoms with Gasteiger partial charge in [0.2, 0.25) is 17.6 Å². The van der Waals surface area contributed by atoms with Crippen LogP contribution in [0.1, 0.15) is 18.0 Å². The van der Waals surface area contributed by atoms with E-state index < -0.39 is 4.92 Å². The highest BCUT2D eigenvalue weighted by atomic mass is 32.1. The van der Waals surface area contributed by atoms with E-state index in [0.29, 0.717) is 35.3 Å². The Hall–Kier alpha value is -3.86. The molecule has 0 radical (unpaired) electrons. The molecule has 152 valence electrons. The van der Waals surface area contributed by atoms with Gasteiger partial charge in [0.05, 0.1) is 21.2 Å². The number of nitrogens with zero attached hydrogens (tertiary/aromatic N) is 5. The van der Waals surface area contributed by atoms with Gasteiger partial charge in [0, 0.05) is 31.0 Å². The third kappa shape index (κ3) is 4.25. The molecule has 0 spiro atoms. The number of non-ortho nitro benzene ring substituents is 1. The Bertz CT molecular complexity index is 1180. The summed E-state index contributed by atoms with van der Waals surface area (Å²) in [7, 11) is 0. The van der Waals surface area contributed by atoms with Crippen LogP contribution in [0.3, 0.4) is 0 Å². The van der Waals surface area contributed by atoms with Crippen molar-refractivity contribution in [3.63, 3.8) is 0 Å². The second-order valence-corrected chi connectivity index (χ2v) is 7.34. The zero-order valence-corrected chi connectivity index (χ0v) is 16.6. The first kappa shape index (κ1) is 19.5. The molecule has 1 amide bonds. The first-order valence-corrected chi connectivity index (χ1v) is 9.85. The van der Waals surface area contributed by atoms with Crippen LogP contribution in [-0.2, 0) is 11.2 Å². The molecule has 4 aromatic rings. The second-order valence-electron chi connectivity index (χ2n) is 6.39. The fraction of sp³-hybridized carbons (Fsp3) is 0.158. The van der Waals surface area contributed by atoms with E-state index in [4.69, 9.17) is 4.52 Å². The lowest BCUT2D eigenvalue weighted by molar-refractivity contribution is -0.384. The number of anilines is 1. The molecule has 30 heavy (non-hydrogen) atoms. The third-order valence-electron chi connectivity index (χ3n) is 4.18. The maximum atomic E-state index is 12.4. The normalized spacial score (nSPS) is 10.8. The maximum Gasteiger partial charge on any atom is 0.269 e. The molecule has 0 saturated carbocycles. The standard InChI is InChI=1S/C19H16N6O4S/c1-12-11-16(24(22-12)13-4-6-14(7-5-13)25(27)28)20-17(26)8-9-18-21-19(23-29-18)15-3-2-10-30-15/h2-7,10-11H,8-9H2,1H3,(H,20,26). The number of hydrogen-bond donors (Lipinski definition) is 1. The van der Waals surface area contributed by atoms with Crippen LogP contribution in [0.5, 0.6) is 0 Å². The van der Waals surface area contributed by atoms with E-state index in [-0.39, 0.29) is 18.0 Å². The minimum atomic E-state index is -0.470. The van der Waals surface area contributed by atoms with E-state index in [1.54, 1.807) is 25.1 Å². The molecule has 0 aliphatic rings. The minimum absolute atomic E-state index is 0.0188. The number of carbonyl (C=O) groups is 1. The van der Waals surface area contributed by atoms with Crippen molar-refractivity contribution in [3.8, 4) is 16.4 Å². The molecular formula is C19H16N6O4S. The van der Waals surface area contributed by atoms with Crippen molar-refractivity contribution in [1.29, 1.82) is 0 Å². The lowest BCUT2D eigenvalue weighted by atomic mass is 10.3. The number of nitrogens with one attached hydrogen (secondary N) is 1. The number of nitro benzene ring substituents is 1. The van der Waals surface area contributed by atoms with Crippen LogP contribution in [0.15, 0.2) is 52.4 Å². The van der Waals surface area contributed by atoms with Crippen molar-refractivity contribution in [3.05, 3.63) is 69.5 Å². The van der Waals surface area contributed by atoms with Crippen LogP contribution in [0.4, 0.5) is 11.5 Å². The molecule has 0 aliphatic carbocycles. The summed E-state index contributed by atoms with van der Waals surface area (Å²) in [5, 5.41) is 23.8. The summed E-state index contributed by atoms with van der Waals surface area (Å²) in [5.74, 6) is 1.12. The summed E-state index contributed by atoms with van der Waals surface area (Å²) < 4.78 is 6.74. The van der Waals surface area contributed by atoms with Crippen molar-refractivity contribution in [2.45, 2.75) is 19.8 Å². The Morgan fingerprint density at radius 2 is 2.10 bits per heavy atom. The minimum Gasteiger partial charge on any atom is -0.339 e. The third-order valence-corrected chi connectivity index (χ3v) is 5.05. The van der Waals surface area contributed by atoms with E-state index in [1.807, 2.05) is 17.5 Å². The topological polar surface area (TPSA) is 129 Å². The zero-order chi connectivity index (χ0) is 21.1. The molecule has 3 aromatic heterocycles. The highest BCUT2D eigenvalue weighted by Crippen LogP contribution is 2.22. The Morgan fingerprint density at radius 1 is 1.30 bits per heavy atom. The van der Waals surface area contributed by atoms with Crippen LogP contribution >= 0.6 is 11.3 Å². The fourth-order valence-corrected chi connectivity index (χ4v) is 3.44. The van der Waals surface area contributed by atoms with Crippen LogP contribution in [0.2, 0.25) is 0 Å². The molecule has 0 atom stereocenters. The van der Waals surface area contributed by atoms with Crippen molar-refractivity contribution >= 4 is 28.7 Å². The number of aryl methyl sites for hydroxylation is 2. The van der Waals surface area contributed by atoms with Crippen molar-refractivity contribution < 1.29 is 14.2 Å². The number of hydrogen-bond acceptors (Lipinski definition) is 8. The number of carbonyl (C=O) groups excluding carboxylic acids is 1. The molecule has 0 unspecified atom stereocenters. The zero-order valence-electron chi connectivity index (χ0n) is 15.8. The van der Waals surface area contributed by atoms with Crippen molar-refractivity contribution in [1.82, 2.24) is 19.9 Å². The molecule has 11 heteroatoms. The molecule has 4 rings (SSSR count). The van der Waals surface area contributed by atoms with E-state index in [2.05, 4.69) is 20.6 Å². The summed E-state index contributed by atoms with van der Waals surface area (Å²) in [6.45, 7) is 1.79. The molecule has 10 nitrogen and oxygen atoms in total. The molecule has 0 bridgehead atoms. The van der Waals surface area contributed by atoms with Gasteiger partial charge < -0.3 is 9.84 Å². The van der Waals surface area contributed by atoms with Gasteiger partial charge in [-0.3, -0.25) is 14.9 Å². The fourth-order valence-electron chi connectivity index (χ4n) is 2.79. The average molecular weight is 424 g/mol. The van der Waals surface area contributed by atoms with Crippen molar-refractivity contribution in [2.75, 3.05) is 5.32 Å². The number of amides is 1. The number of aromatic nitrogens is 4. The summed E-state index contributed by atoms with van der Waals surface area (Å²) in [6, 6.07) is 11.4. The number of rotatable bonds is 7. The van der Waals surface area contributed by atoms with E-state index in [9.17, 15) is 14.9 Å². The first-order valence-electron chi connectivity index (χ1n) is 8.97. The summed E-state index contributed by atoms with van der Waals surface area (Å²) in [5.41, 5.74) is 1.28. The molecule has 1 N–H and O–H groups in total. The number of nitro groups is 1. The predicted octanol–water partition coefficient (Wildman–Crippen LogP) is 3.77. The molecule has 0 aliphatic heterocycles. The monoisotopic (exact) mass is 424 g/mol. The van der Waals surface area contributed by atoms with Gasteiger partial charge in [-0.2, -0.15) is 10.1 Å². The lowest BCUT2D eigenvalue weighted by Crippen LogP contribution is -2.15. The maximum absolute atomic E-state index is 12.4. The SMILES string of the molecule is Cc1cc(NC(=O)CCc2nc(-c3cccs3)no2)n(-c2ccc([N+](=O)[O-])cc2)n1. The van der Waals surface area contributed by atoms with Crippen LogP contribution in [0, 0.1) is 17.0 Å². The number of benzene rings is 1. The summed E-state index contributed by atoms with van der Waals surface area (Å²) >= 11 is 1.51. The van der Waals surface area contributed by atoms with Crippen molar-refractivity contribution in [2.24, 2.45) is 0 Å². The van der Waals surface area contributed by atoms with Gasteiger partial charge in [-0.05, 0) is 30.5 Å². The Kier molecular flexibility index (Phi) is 5.35. The van der Waals surface area contributed by atoms with Gasteiger partial charge in [-0.1, -0.05) is 11.2 Å². The van der Waals surface area contributed by atoms with Gasteiger partial charge in [0.15, 0.2) is 0 Å². The molecule has 3 heterocycles. The largest absolute Gasteiger partial charge is 0.339 e. The van der Waals surface area contributed by atoms with E-state index >= 15 is 0 Å². The summed E-state index contributed by atoms with van der Waals surface area (Å²) in [6.07, 6.45) is 0.450. The van der Waals surface area contributed by atoms with E-state index in [1.165, 1.54) is 28.2 Å². The average Bonchev–Trinajstić information content (AvgIpc) is 3.47. The van der Waals surface area contributed by atoms with Crippen LogP contribution in [-0.4, -0.2) is 30.8 Å². The lowest BCUT2D eigenvalue weighted by Gasteiger charge is -2.08. The Morgan fingerprint density at radius 3 is 2.80 bits per heavy atom. The van der Waals surface area contributed by atoms with Gasteiger partial charge in [-0.25, -0.2) is 4.68 Å². The van der Waals surface area contributed by atoms with E-state index in [0.717, 1.165) is 4.88 Å².